The number of aromatic nitrogens is 2. The monoisotopic (exact) mass is 305 g/mol. The Morgan fingerprint density at radius 2 is 2.06 bits per heavy atom. The quantitative estimate of drug-likeness (QED) is 0.735. The number of anilines is 1. The van der Waals surface area contributed by atoms with Gasteiger partial charge in [0, 0.05) is 15.7 Å². The molecule has 0 radical (unpaired) electrons. The molecule has 18 heavy (non-hydrogen) atoms. The van der Waals surface area contributed by atoms with Crippen LogP contribution in [0.15, 0.2) is 50.2 Å². The highest BCUT2D eigenvalue weighted by Crippen LogP contribution is 2.27. The smallest absolute Gasteiger partial charge is 0.258 e. The van der Waals surface area contributed by atoms with E-state index in [0.29, 0.717) is 17.4 Å². The highest BCUT2D eigenvalue weighted by atomic mass is 79.9. The van der Waals surface area contributed by atoms with Crippen molar-refractivity contribution in [3.63, 3.8) is 0 Å². The number of furan rings is 1. The Morgan fingerprint density at radius 1 is 1.17 bits per heavy atom. The lowest BCUT2D eigenvalue weighted by atomic mass is 10.2. The summed E-state index contributed by atoms with van der Waals surface area (Å²) in [4.78, 5) is 4.29. The third kappa shape index (κ3) is 1.91. The van der Waals surface area contributed by atoms with Crippen LogP contribution in [0.5, 0.6) is 0 Å². The molecule has 0 bridgehead atoms. The van der Waals surface area contributed by atoms with Crippen molar-refractivity contribution in [2.75, 3.05) is 5.73 Å². The molecule has 3 aromatic rings. The molecule has 6 heteroatoms. The fourth-order valence-corrected chi connectivity index (χ4v) is 1.77. The van der Waals surface area contributed by atoms with Gasteiger partial charge in [-0.2, -0.15) is 4.98 Å². The van der Waals surface area contributed by atoms with E-state index in [1.165, 1.54) is 0 Å². The average Bonchev–Trinajstić information content (AvgIpc) is 3.01. The van der Waals surface area contributed by atoms with Crippen molar-refractivity contribution in [3.8, 4) is 22.8 Å². The van der Waals surface area contributed by atoms with Gasteiger partial charge in [0.15, 0.2) is 0 Å². The number of nitrogens with two attached hydrogens (primary N) is 1. The molecule has 2 aromatic heterocycles. The second-order valence-corrected chi connectivity index (χ2v) is 4.53. The third-order valence-electron chi connectivity index (χ3n) is 2.45. The maximum absolute atomic E-state index is 5.81. The summed E-state index contributed by atoms with van der Waals surface area (Å²) in [6, 6.07) is 7.24. The summed E-state index contributed by atoms with van der Waals surface area (Å²) >= 11 is 3.33. The van der Waals surface area contributed by atoms with Crippen molar-refractivity contribution < 1.29 is 8.94 Å². The van der Waals surface area contributed by atoms with E-state index in [1.54, 1.807) is 24.7 Å². The number of nitrogens with zero attached hydrogens (tertiary/aromatic N) is 2. The number of halogens is 1. The predicted octanol–water partition coefficient (Wildman–Crippen LogP) is 3.34. The van der Waals surface area contributed by atoms with Crippen LogP contribution >= 0.6 is 15.9 Å². The SMILES string of the molecule is Nc1cc(-c2nc(-c3ccoc3)no2)ccc1Br. The summed E-state index contributed by atoms with van der Waals surface area (Å²) in [6.45, 7) is 0. The van der Waals surface area contributed by atoms with E-state index < -0.39 is 0 Å². The van der Waals surface area contributed by atoms with E-state index in [4.69, 9.17) is 14.7 Å². The van der Waals surface area contributed by atoms with Crippen LogP contribution in [0.1, 0.15) is 0 Å². The van der Waals surface area contributed by atoms with Crippen molar-refractivity contribution >= 4 is 21.6 Å². The topological polar surface area (TPSA) is 78.1 Å². The van der Waals surface area contributed by atoms with E-state index in [9.17, 15) is 0 Å². The van der Waals surface area contributed by atoms with Crippen LogP contribution in [-0.2, 0) is 0 Å². The standard InChI is InChI=1S/C12H8BrN3O2/c13-9-2-1-7(5-10(9)14)12-15-11(16-18-12)8-3-4-17-6-8/h1-6H,14H2. The first-order valence-electron chi connectivity index (χ1n) is 5.16. The molecule has 0 aliphatic carbocycles. The number of nitrogen functional groups attached to an aromatic ring is 1. The number of rotatable bonds is 2. The molecule has 1 aromatic carbocycles. The normalized spacial score (nSPS) is 10.7. The lowest BCUT2D eigenvalue weighted by Crippen LogP contribution is -1.87. The van der Waals surface area contributed by atoms with E-state index in [2.05, 4.69) is 26.1 Å². The van der Waals surface area contributed by atoms with Crippen molar-refractivity contribution in [1.82, 2.24) is 10.1 Å². The molecule has 0 fully saturated rings. The van der Waals surface area contributed by atoms with Gasteiger partial charge < -0.3 is 14.7 Å². The Morgan fingerprint density at radius 3 is 2.78 bits per heavy atom. The third-order valence-corrected chi connectivity index (χ3v) is 3.17. The molecule has 0 aliphatic rings. The molecule has 90 valence electrons. The zero-order valence-corrected chi connectivity index (χ0v) is 10.7. The van der Waals surface area contributed by atoms with Crippen LogP contribution in [0.3, 0.4) is 0 Å². The van der Waals surface area contributed by atoms with Crippen LogP contribution < -0.4 is 5.73 Å². The molecule has 0 amide bonds. The zero-order valence-electron chi connectivity index (χ0n) is 9.13. The minimum Gasteiger partial charge on any atom is -0.472 e. The molecule has 0 saturated carbocycles. The minimum atomic E-state index is 0.422. The van der Waals surface area contributed by atoms with E-state index in [0.717, 1.165) is 15.6 Å². The van der Waals surface area contributed by atoms with Gasteiger partial charge in [0.25, 0.3) is 5.89 Å². The molecule has 0 saturated heterocycles. The van der Waals surface area contributed by atoms with Gasteiger partial charge in [-0.3, -0.25) is 0 Å². The number of hydrogen-bond acceptors (Lipinski definition) is 5. The van der Waals surface area contributed by atoms with Gasteiger partial charge in [0.2, 0.25) is 5.82 Å². The Balaban J connectivity index is 2.00. The zero-order chi connectivity index (χ0) is 12.5. The maximum atomic E-state index is 5.81. The first kappa shape index (κ1) is 11.0. The molecule has 0 spiro atoms. The van der Waals surface area contributed by atoms with Gasteiger partial charge in [-0.25, -0.2) is 0 Å². The number of benzene rings is 1. The summed E-state index contributed by atoms with van der Waals surface area (Å²) in [5.74, 6) is 0.908. The van der Waals surface area contributed by atoms with E-state index in [-0.39, 0.29) is 0 Å². The molecule has 0 aliphatic heterocycles. The summed E-state index contributed by atoms with van der Waals surface area (Å²) in [6.07, 6.45) is 3.12. The van der Waals surface area contributed by atoms with E-state index in [1.807, 2.05) is 12.1 Å². The number of hydrogen-bond donors (Lipinski definition) is 1. The van der Waals surface area contributed by atoms with Crippen LogP contribution in [0.2, 0.25) is 0 Å². The van der Waals surface area contributed by atoms with Crippen LogP contribution in [0.25, 0.3) is 22.8 Å². The van der Waals surface area contributed by atoms with Crippen LogP contribution in [0, 0.1) is 0 Å². The fourth-order valence-electron chi connectivity index (χ4n) is 1.53. The van der Waals surface area contributed by atoms with Crippen molar-refractivity contribution in [2.24, 2.45) is 0 Å². The van der Waals surface area contributed by atoms with Gasteiger partial charge in [0.1, 0.15) is 6.26 Å². The molecule has 0 atom stereocenters. The summed E-state index contributed by atoms with van der Waals surface area (Å²) < 4.78 is 11.0. The van der Waals surface area contributed by atoms with Gasteiger partial charge in [0.05, 0.1) is 11.8 Å². The fraction of sp³-hybridized carbons (Fsp3) is 0. The Kier molecular flexibility index (Phi) is 2.64. The summed E-state index contributed by atoms with van der Waals surface area (Å²) in [5, 5.41) is 3.89. The second kappa shape index (κ2) is 4.30. The highest BCUT2D eigenvalue weighted by Gasteiger charge is 2.12. The Hall–Kier alpha value is -2.08. The minimum absolute atomic E-state index is 0.422. The molecular formula is C12H8BrN3O2. The first-order valence-corrected chi connectivity index (χ1v) is 5.95. The van der Waals surface area contributed by atoms with Crippen LogP contribution in [0.4, 0.5) is 5.69 Å². The molecular weight excluding hydrogens is 298 g/mol. The van der Waals surface area contributed by atoms with E-state index >= 15 is 0 Å². The lowest BCUT2D eigenvalue weighted by molar-refractivity contribution is 0.432. The second-order valence-electron chi connectivity index (χ2n) is 3.67. The highest BCUT2D eigenvalue weighted by molar-refractivity contribution is 9.10. The van der Waals surface area contributed by atoms with Gasteiger partial charge in [-0.15, -0.1) is 0 Å². The first-order chi connectivity index (χ1) is 8.74. The van der Waals surface area contributed by atoms with Gasteiger partial charge in [-0.05, 0) is 40.2 Å². The predicted molar refractivity (Wildman–Crippen MR) is 69.5 cm³/mol. The molecule has 0 unspecified atom stereocenters. The van der Waals surface area contributed by atoms with Gasteiger partial charge in [-0.1, -0.05) is 5.16 Å². The Bertz CT molecular complexity index is 676. The Labute approximate surface area is 111 Å². The van der Waals surface area contributed by atoms with Crippen LogP contribution in [-0.4, -0.2) is 10.1 Å². The lowest BCUT2D eigenvalue weighted by Gasteiger charge is -1.99. The van der Waals surface area contributed by atoms with Crippen molar-refractivity contribution in [3.05, 3.63) is 41.3 Å². The average molecular weight is 306 g/mol. The van der Waals surface area contributed by atoms with Crippen molar-refractivity contribution in [2.45, 2.75) is 0 Å². The summed E-state index contributed by atoms with van der Waals surface area (Å²) in [5.41, 5.74) is 7.98. The molecule has 3 rings (SSSR count). The summed E-state index contributed by atoms with van der Waals surface area (Å²) in [7, 11) is 0. The molecule has 5 nitrogen and oxygen atoms in total. The van der Waals surface area contributed by atoms with Crippen molar-refractivity contribution in [1.29, 1.82) is 0 Å². The molecule has 2 N–H and O–H groups in total. The maximum Gasteiger partial charge on any atom is 0.258 e. The largest absolute Gasteiger partial charge is 0.472 e. The molecule has 2 heterocycles. The van der Waals surface area contributed by atoms with Gasteiger partial charge >= 0.3 is 0 Å².